The summed E-state index contributed by atoms with van der Waals surface area (Å²) < 4.78 is 9.13. The lowest BCUT2D eigenvalue weighted by Gasteiger charge is -2.13. The molecular weight excluding hydrogens is 510 g/mol. The van der Waals surface area contributed by atoms with Gasteiger partial charge in [-0.25, -0.2) is 9.36 Å². The van der Waals surface area contributed by atoms with E-state index in [0.29, 0.717) is 29.5 Å². The molecule has 3 aromatic carbocycles. The van der Waals surface area contributed by atoms with Crippen molar-refractivity contribution in [3.8, 4) is 17.1 Å². The van der Waals surface area contributed by atoms with E-state index < -0.39 is 0 Å². The van der Waals surface area contributed by atoms with Gasteiger partial charge in [0.15, 0.2) is 0 Å². The van der Waals surface area contributed by atoms with Gasteiger partial charge in [-0.15, -0.1) is 0 Å². The van der Waals surface area contributed by atoms with E-state index in [0.717, 1.165) is 22.6 Å². The quantitative estimate of drug-likeness (QED) is 0.172. The van der Waals surface area contributed by atoms with E-state index in [9.17, 15) is 4.79 Å². The molecule has 41 heavy (non-hydrogen) atoms. The van der Waals surface area contributed by atoms with Gasteiger partial charge in [-0.1, -0.05) is 83.5 Å². The number of imidazole rings is 1. The van der Waals surface area contributed by atoms with Crippen molar-refractivity contribution in [1.82, 2.24) is 9.13 Å². The lowest BCUT2D eigenvalue weighted by molar-refractivity contribution is 0.304. The normalized spacial score (nSPS) is 9.93. The van der Waals surface area contributed by atoms with E-state index in [1.807, 2.05) is 101 Å². The van der Waals surface area contributed by atoms with E-state index in [1.54, 1.807) is 16.1 Å². The largest absolute Gasteiger partial charge is 0.489 e. The molecule has 0 spiro atoms. The molecule has 0 radical (unpaired) electrons. The predicted octanol–water partition coefficient (Wildman–Crippen LogP) is 8.33. The zero-order chi connectivity index (χ0) is 30.4. The van der Waals surface area contributed by atoms with Gasteiger partial charge in [0.2, 0.25) is 0 Å². The summed E-state index contributed by atoms with van der Waals surface area (Å²) in [6.07, 6.45) is 4.15. The standard InChI is InChI=1S/C28H29N5O2.C4H10.C2H6/c1-5-31-27-26(20(3)29)32(28(34)33(27)23-13-9-12-22(17-23)30-4)24-14-15-25(19(2)16-24)35-18-21-10-7-6-8-11-21;1-3-4-2;1-2/h5-17,29-31H,1,18H2,2-4H3;3-4H2,1-2H3;1-2H3. The number of nitrogens with zero attached hydrogens (tertiary/aromatic N) is 2. The van der Waals surface area contributed by atoms with Crippen LogP contribution >= 0.6 is 0 Å². The van der Waals surface area contributed by atoms with Gasteiger partial charge in [0.05, 0.1) is 17.1 Å². The fraction of sp³-hybridized carbons (Fsp3) is 0.294. The lowest BCUT2D eigenvalue weighted by Crippen LogP contribution is -2.24. The van der Waals surface area contributed by atoms with E-state index in [2.05, 4.69) is 31.1 Å². The molecule has 0 fully saturated rings. The molecular formula is C34H45N5O2. The van der Waals surface area contributed by atoms with Crippen LogP contribution in [0.25, 0.3) is 11.4 Å². The Hall–Kier alpha value is -4.52. The Morgan fingerprint density at radius 2 is 1.61 bits per heavy atom. The molecule has 0 aliphatic heterocycles. The van der Waals surface area contributed by atoms with E-state index in [-0.39, 0.29) is 11.4 Å². The maximum atomic E-state index is 13.8. The molecule has 0 amide bonds. The summed E-state index contributed by atoms with van der Waals surface area (Å²) in [6.45, 7) is 16.2. The summed E-state index contributed by atoms with van der Waals surface area (Å²) in [5, 5.41) is 14.6. The second kappa shape index (κ2) is 16.6. The third-order valence-electron chi connectivity index (χ3n) is 6.19. The second-order valence-corrected chi connectivity index (χ2v) is 9.15. The zero-order valence-electron chi connectivity index (χ0n) is 25.5. The molecule has 7 heteroatoms. The molecule has 1 heterocycles. The molecule has 3 N–H and O–H groups in total. The highest BCUT2D eigenvalue weighted by Crippen LogP contribution is 2.27. The Kier molecular flexibility index (Phi) is 13.2. The average molecular weight is 556 g/mol. The number of unbranched alkanes of at least 4 members (excludes halogenated alkanes) is 1. The number of ether oxygens (including phenoxy) is 1. The minimum Gasteiger partial charge on any atom is -0.489 e. The highest BCUT2D eigenvalue weighted by molar-refractivity contribution is 6.00. The topological polar surface area (TPSA) is 84.1 Å². The van der Waals surface area contributed by atoms with Gasteiger partial charge in [-0.3, -0.25) is 4.57 Å². The van der Waals surface area contributed by atoms with Crippen LogP contribution in [-0.2, 0) is 6.61 Å². The Labute approximate surface area is 245 Å². The molecule has 4 aromatic rings. The summed E-state index contributed by atoms with van der Waals surface area (Å²) in [5.74, 6) is 1.22. The number of aromatic nitrogens is 2. The first-order valence-corrected chi connectivity index (χ1v) is 14.2. The van der Waals surface area contributed by atoms with Crippen LogP contribution in [0.3, 0.4) is 0 Å². The summed E-state index contributed by atoms with van der Waals surface area (Å²) in [7, 11) is 1.83. The number of benzene rings is 3. The molecule has 0 bridgehead atoms. The molecule has 218 valence electrons. The van der Waals surface area contributed by atoms with Crippen molar-refractivity contribution in [3.05, 3.63) is 113 Å². The van der Waals surface area contributed by atoms with Crippen LogP contribution in [0.1, 0.15) is 64.3 Å². The first kappa shape index (κ1) is 32.7. The van der Waals surface area contributed by atoms with Crippen LogP contribution in [0.5, 0.6) is 5.75 Å². The zero-order valence-corrected chi connectivity index (χ0v) is 25.5. The number of hydrogen-bond acceptors (Lipinski definition) is 5. The Morgan fingerprint density at radius 1 is 0.951 bits per heavy atom. The molecule has 0 unspecified atom stereocenters. The molecule has 0 aliphatic carbocycles. The van der Waals surface area contributed by atoms with Crippen LogP contribution < -0.4 is 21.1 Å². The second-order valence-electron chi connectivity index (χ2n) is 9.15. The van der Waals surface area contributed by atoms with Gasteiger partial charge >= 0.3 is 5.69 Å². The van der Waals surface area contributed by atoms with Crippen molar-refractivity contribution >= 4 is 17.2 Å². The van der Waals surface area contributed by atoms with E-state index >= 15 is 0 Å². The van der Waals surface area contributed by atoms with Crippen molar-refractivity contribution in [2.24, 2.45) is 0 Å². The van der Waals surface area contributed by atoms with Crippen LogP contribution in [0, 0.1) is 12.3 Å². The number of hydrogen-bond donors (Lipinski definition) is 3. The third-order valence-corrected chi connectivity index (χ3v) is 6.19. The highest BCUT2D eigenvalue weighted by atomic mass is 16.5. The van der Waals surface area contributed by atoms with Gasteiger partial charge < -0.3 is 20.8 Å². The van der Waals surface area contributed by atoms with Gasteiger partial charge in [-0.05, 0) is 67.6 Å². The fourth-order valence-corrected chi connectivity index (χ4v) is 4.03. The molecule has 1 aromatic heterocycles. The van der Waals surface area contributed by atoms with Crippen molar-refractivity contribution in [2.75, 3.05) is 17.7 Å². The fourth-order valence-electron chi connectivity index (χ4n) is 4.03. The first-order chi connectivity index (χ1) is 19.9. The van der Waals surface area contributed by atoms with Crippen LogP contribution in [0.4, 0.5) is 11.5 Å². The highest BCUT2D eigenvalue weighted by Gasteiger charge is 2.23. The summed E-state index contributed by atoms with van der Waals surface area (Å²) >= 11 is 0. The molecule has 0 saturated carbocycles. The molecule has 0 atom stereocenters. The van der Waals surface area contributed by atoms with Crippen LogP contribution in [-0.4, -0.2) is 21.9 Å². The number of rotatable bonds is 10. The van der Waals surface area contributed by atoms with Gasteiger partial charge in [0.1, 0.15) is 23.9 Å². The number of anilines is 2. The van der Waals surface area contributed by atoms with Gasteiger partial charge in [-0.2, -0.15) is 0 Å². The predicted molar refractivity (Wildman–Crippen MR) is 175 cm³/mol. The monoisotopic (exact) mass is 555 g/mol. The van der Waals surface area contributed by atoms with Crippen molar-refractivity contribution in [1.29, 1.82) is 5.41 Å². The summed E-state index contributed by atoms with van der Waals surface area (Å²) in [6, 6.07) is 23.1. The van der Waals surface area contributed by atoms with E-state index in [1.165, 1.54) is 19.0 Å². The molecule has 7 nitrogen and oxygen atoms in total. The van der Waals surface area contributed by atoms with E-state index in [4.69, 9.17) is 10.1 Å². The maximum Gasteiger partial charge on any atom is 0.339 e. The maximum absolute atomic E-state index is 13.8. The van der Waals surface area contributed by atoms with Crippen LogP contribution in [0.15, 0.2) is 90.4 Å². The third kappa shape index (κ3) is 8.24. The van der Waals surface area contributed by atoms with Crippen molar-refractivity contribution < 1.29 is 4.74 Å². The Balaban J connectivity index is 0.000000902. The summed E-state index contributed by atoms with van der Waals surface area (Å²) in [5.41, 5.74) is 4.58. The molecule has 0 saturated heterocycles. The first-order valence-electron chi connectivity index (χ1n) is 14.2. The number of nitrogens with one attached hydrogen (secondary N) is 3. The minimum atomic E-state index is -0.290. The molecule has 0 aliphatic rings. The lowest BCUT2D eigenvalue weighted by atomic mass is 10.2. The Morgan fingerprint density at radius 3 is 2.17 bits per heavy atom. The van der Waals surface area contributed by atoms with Crippen molar-refractivity contribution in [3.63, 3.8) is 0 Å². The summed E-state index contributed by atoms with van der Waals surface area (Å²) in [4.78, 5) is 13.8. The van der Waals surface area contributed by atoms with Crippen molar-refractivity contribution in [2.45, 2.75) is 61.0 Å². The molecule has 4 rings (SSSR count). The van der Waals surface area contributed by atoms with Crippen LogP contribution in [0.2, 0.25) is 0 Å². The SMILES string of the molecule is C=CNc1c(C(C)=N)n(-c2ccc(OCc3ccccc3)c(C)c2)c(=O)n1-c1cccc(NC)c1.CC.CCCC. The van der Waals surface area contributed by atoms with Gasteiger partial charge in [0, 0.05) is 12.7 Å². The van der Waals surface area contributed by atoms with Gasteiger partial charge in [0.25, 0.3) is 0 Å². The Bertz CT molecular complexity index is 1470. The number of aryl methyl sites for hydroxylation is 1. The minimum absolute atomic E-state index is 0.247. The smallest absolute Gasteiger partial charge is 0.339 e. The average Bonchev–Trinajstić information content (AvgIpc) is 3.30.